The quantitative estimate of drug-likeness (QED) is 0.650. The first-order valence-electron chi connectivity index (χ1n) is 13.0. The number of rotatable bonds is 7. The normalized spacial score (nSPS) is 20.0. The molecule has 1 atom stereocenters. The van der Waals surface area contributed by atoms with Crippen molar-refractivity contribution in [3.05, 3.63) is 64.7 Å². The first kappa shape index (κ1) is 24.7. The fourth-order valence-electron chi connectivity index (χ4n) is 6.17. The van der Waals surface area contributed by atoms with Crippen LogP contribution in [0.25, 0.3) is 0 Å². The van der Waals surface area contributed by atoms with Crippen LogP contribution in [0.5, 0.6) is 5.75 Å². The largest absolute Gasteiger partial charge is 0.496 e. The van der Waals surface area contributed by atoms with E-state index in [9.17, 15) is 4.79 Å². The number of carbonyl (C=O) groups excluding carboxylic acids is 1. The molecule has 0 aliphatic carbocycles. The Morgan fingerprint density at radius 3 is 2.26 bits per heavy atom. The highest BCUT2D eigenvalue weighted by Crippen LogP contribution is 2.43. The molecule has 1 amide bonds. The standard InChI is InChI=1S/C29H41N3O2/c1-5-30-28(33)29(24-20-22(2)19-23(3)21-24,26-11-7-8-12-27(26)34-4)32-17-13-25(14-18-32)31-15-9-6-10-16-31/h7-8,11-12,19-21,25H,5-6,9-10,13-18H2,1-4H3,(H,30,33). The second kappa shape index (κ2) is 10.9. The van der Waals surface area contributed by atoms with Gasteiger partial charge in [-0.3, -0.25) is 9.69 Å². The first-order chi connectivity index (χ1) is 16.5. The van der Waals surface area contributed by atoms with Gasteiger partial charge in [-0.25, -0.2) is 0 Å². The van der Waals surface area contributed by atoms with Gasteiger partial charge < -0.3 is 15.0 Å². The highest BCUT2D eigenvalue weighted by Gasteiger charge is 2.50. The molecule has 0 spiro atoms. The summed E-state index contributed by atoms with van der Waals surface area (Å²) in [6, 6.07) is 15.2. The van der Waals surface area contributed by atoms with E-state index in [0.29, 0.717) is 12.6 Å². The lowest BCUT2D eigenvalue weighted by Crippen LogP contribution is -2.60. The number of para-hydroxylation sites is 1. The number of hydrogen-bond donors (Lipinski definition) is 1. The summed E-state index contributed by atoms with van der Waals surface area (Å²) in [7, 11) is 1.70. The molecule has 0 bridgehead atoms. The third-order valence-corrected chi connectivity index (χ3v) is 7.65. The van der Waals surface area contributed by atoms with Crippen LogP contribution in [-0.4, -0.2) is 61.6 Å². The minimum atomic E-state index is -0.938. The number of piperidine rings is 2. The minimum Gasteiger partial charge on any atom is -0.496 e. The zero-order valence-corrected chi connectivity index (χ0v) is 21.4. The van der Waals surface area contributed by atoms with E-state index in [1.165, 1.54) is 43.5 Å². The summed E-state index contributed by atoms with van der Waals surface area (Å²) in [4.78, 5) is 19.3. The van der Waals surface area contributed by atoms with Gasteiger partial charge in [0.2, 0.25) is 5.91 Å². The molecule has 2 heterocycles. The summed E-state index contributed by atoms with van der Waals surface area (Å²) in [5.74, 6) is 0.784. The van der Waals surface area contributed by atoms with E-state index in [0.717, 1.165) is 42.8 Å². The van der Waals surface area contributed by atoms with E-state index in [-0.39, 0.29) is 5.91 Å². The van der Waals surface area contributed by atoms with Crippen molar-refractivity contribution in [2.45, 2.75) is 64.5 Å². The summed E-state index contributed by atoms with van der Waals surface area (Å²) in [6.07, 6.45) is 6.15. The van der Waals surface area contributed by atoms with Gasteiger partial charge in [0.25, 0.3) is 0 Å². The highest BCUT2D eigenvalue weighted by molar-refractivity contribution is 5.92. The van der Waals surface area contributed by atoms with Gasteiger partial charge in [-0.15, -0.1) is 0 Å². The molecule has 5 heteroatoms. The summed E-state index contributed by atoms with van der Waals surface area (Å²) in [5, 5.41) is 3.20. The van der Waals surface area contributed by atoms with Crippen LogP contribution in [0.1, 0.15) is 61.3 Å². The number of nitrogens with zero attached hydrogens (tertiary/aromatic N) is 2. The molecule has 2 fully saturated rings. The predicted octanol–water partition coefficient (Wildman–Crippen LogP) is 4.64. The lowest BCUT2D eigenvalue weighted by molar-refractivity contribution is -0.133. The molecule has 1 unspecified atom stereocenters. The average molecular weight is 464 g/mol. The van der Waals surface area contributed by atoms with E-state index in [1.54, 1.807) is 7.11 Å². The lowest BCUT2D eigenvalue weighted by atomic mass is 9.77. The topological polar surface area (TPSA) is 44.8 Å². The number of carbonyl (C=O) groups is 1. The van der Waals surface area contributed by atoms with Crippen LogP contribution in [0.4, 0.5) is 0 Å². The second-order valence-corrected chi connectivity index (χ2v) is 9.96. The van der Waals surface area contributed by atoms with Gasteiger partial charge in [0.15, 0.2) is 5.54 Å². The molecule has 0 saturated carbocycles. The van der Waals surface area contributed by atoms with Crippen molar-refractivity contribution in [3.63, 3.8) is 0 Å². The Morgan fingerprint density at radius 2 is 1.65 bits per heavy atom. The van der Waals surface area contributed by atoms with Crippen LogP contribution in [0.15, 0.2) is 42.5 Å². The lowest BCUT2D eigenvalue weighted by Gasteiger charge is -2.48. The Morgan fingerprint density at radius 1 is 1.00 bits per heavy atom. The number of ether oxygens (including phenoxy) is 1. The van der Waals surface area contributed by atoms with Crippen molar-refractivity contribution >= 4 is 5.91 Å². The molecule has 1 N–H and O–H groups in total. The highest BCUT2D eigenvalue weighted by atomic mass is 16.5. The number of methoxy groups -OCH3 is 1. The van der Waals surface area contributed by atoms with Gasteiger partial charge in [0.1, 0.15) is 5.75 Å². The van der Waals surface area contributed by atoms with Crippen molar-refractivity contribution < 1.29 is 9.53 Å². The molecule has 184 valence electrons. The molecule has 34 heavy (non-hydrogen) atoms. The van der Waals surface area contributed by atoms with E-state index in [2.05, 4.69) is 53.2 Å². The van der Waals surface area contributed by atoms with Crippen molar-refractivity contribution in [1.82, 2.24) is 15.1 Å². The van der Waals surface area contributed by atoms with Crippen LogP contribution in [0, 0.1) is 13.8 Å². The molecule has 2 aromatic rings. The minimum absolute atomic E-state index is 0.0286. The number of benzene rings is 2. The van der Waals surface area contributed by atoms with E-state index >= 15 is 0 Å². The number of hydrogen-bond acceptors (Lipinski definition) is 4. The Bertz CT molecular complexity index is 957. The zero-order valence-electron chi connectivity index (χ0n) is 21.4. The molecule has 2 aliphatic heterocycles. The predicted molar refractivity (Wildman–Crippen MR) is 138 cm³/mol. The molecule has 0 aromatic heterocycles. The zero-order chi connectivity index (χ0) is 24.1. The molecular weight excluding hydrogens is 422 g/mol. The van der Waals surface area contributed by atoms with Gasteiger partial charge in [0.05, 0.1) is 7.11 Å². The third-order valence-electron chi connectivity index (χ3n) is 7.65. The molecule has 2 aromatic carbocycles. The molecular formula is C29H41N3O2. The third kappa shape index (κ3) is 4.73. The van der Waals surface area contributed by atoms with Gasteiger partial charge in [-0.1, -0.05) is 53.9 Å². The smallest absolute Gasteiger partial charge is 0.249 e. The van der Waals surface area contributed by atoms with Crippen LogP contribution in [0.2, 0.25) is 0 Å². The summed E-state index contributed by atoms with van der Waals surface area (Å²) in [6.45, 7) is 11.0. The first-order valence-corrected chi connectivity index (χ1v) is 13.0. The van der Waals surface area contributed by atoms with Gasteiger partial charge in [-0.2, -0.15) is 0 Å². The van der Waals surface area contributed by atoms with E-state index in [1.807, 2.05) is 25.1 Å². The summed E-state index contributed by atoms with van der Waals surface area (Å²) < 4.78 is 5.85. The SMILES string of the molecule is CCNC(=O)C(c1cc(C)cc(C)c1)(c1ccccc1OC)N1CCC(N2CCCCC2)CC1. The Balaban J connectivity index is 1.82. The van der Waals surface area contributed by atoms with Crippen molar-refractivity contribution in [2.24, 2.45) is 0 Å². The fourth-order valence-corrected chi connectivity index (χ4v) is 6.17. The number of likely N-dealkylation sites (N-methyl/N-ethyl adjacent to an activating group) is 1. The van der Waals surface area contributed by atoms with Gasteiger partial charge in [0, 0.05) is 31.2 Å². The fraction of sp³-hybridized carbons (Fsp3) is 0.552. The number of aryl methyl sites for hydroxylation is 2. The van der Waals surface area contributed by atoms with Crippen LogP contribution >= 0.6 is 0 Å². The summed E-state index contributed by atoms with van der Waals surface area (Å²) >= 11 is 0. The molecule has 4 rings (SSSR count). The molecule has 5 nitrogen and oxygen atoms in total. The van der Waals surface area contributed by atoms with Crippen molar-refractivity contribution in [2.75, 3.05) is 39.8 Å². The molecule has 2 aliphatic rings. The van der Waals surface area contributed by atoms with Gasteiger partial charge >= 0.3 is 0 Å². The van der Waals surface area contributed by atoms with E-state index in [4.69, 9.17) is 4.74 Å². The van der Waals surface area contributed by atoms with Crippen LogP contribution in [-0.2, 0) is 10.3 Å². The summed E-state index contributed by atoms with van der Waals surface area (Å²) in [5.41, 5.74) is 3.34. The Hall–Kier alpha value is -2.37. The van der Waals surface area contributed by atoms with Gasteiger partial charge in [-0.05, 0) is 71.2 Å². The number of nitrogens with one attached hydrogen (secondary N) is 1. The maximum absolute atomic E-state index is 14.2. The maximum Gasteiger partial charge on any atom is 0.249 e. The van der Waals surface area contributed by atoms with Crippen LogP contribution < -0.4 is 10.1 Å². The van der Waals surface area contributed by atoms with Crippen LogP contribution in [0.3, 0.4) is 0 Å². The second-order valence-electron chi connectivity index (χ2n) is 9.96. The molecule has 2 saturated heterocycles. The average Bonchev–Trinajstić information content (AvgIpc) is 2.85. The maximum atomic E-state index is 14.2. The Labute approximate surface area is 205 Å². The Kier molecular flexibility index (Phi) is 7.95. The molecule has 0 radical (unpaired) electrons. The van der Waals surface area contributed by atoms with E-state index < -0.39 is 5.54 Å². The van der Waals surface area contributed by atoms with Crippen molar-refractivity contribution in [1.29, 1.82) is 0 Å². The monoisotopic (exact) mass is 463 g/mol. The van der Waals surface area contributed by atoms with Crippen molar-refractivity contribution in [3.8, 4) is 5.75 Å². The number of amides is 1. The number of likely N-dealkylation sites (tertiary alicyclic amines) is 2.